The summed E-state index contributed by atoms with van der Waals surface area (Å²) in [6, 6.07) is 13.8. The molecule has 0 bridgehead atoms. The third-order valence-corrected chi connectivity index (χ3v) is 3.64. The summed E-state index contributed by atoms with van der Waals surface area (Å²) in [6.45, 7) is 2.45. The third kappa shape index (κ3) is 4.03. The molecule has 0 unspecified atom stereocenters. The second kappa shape index (κ2) is 7.61. The van der Waals surface area contributed by atoms with Gasteiger partial charge in [0.05, 0.1) is 23.1 Å². The Kier molecular flexibility index (Phi) is 5.09. The molecule has 0 amide bonds. The number of unbranched alkanes of at least 4 members (excludes halogenated alkanes) is 1. The van der Waals surface area contributed by atoms with Crippen LogP contribution in [0, 0.1) is 0 Å². The number of benzene rings is 2. The number of nitrogens with zero attached hydrogens (tertiary/aromatic N) is 1. The van der Waals surface area contributed by atoms with Crippen LogP contribution in [0.4, 0.5) is 11.7 Å². The lowest BCUT2D eigenvalue weighted by Gasteiger charge is -2.07. The quantitative estimate of drug-likeness (QED) is 0.542. The number of carbonyl (C=O) groups is 1. The second-order valence-corrected chi connectivity index (χ2v) is 5.52. The molecule has 0 saturated heterocycles. The molecule has 1 N–H and O–H groups in total. The molecule has 6 heteroatoms. The highest BCUT2D eigenvalue weighted by Gasteiger charge is 2.08. The molecular weight excluding hydrogens is 320 g/mol. The Morgan fingerprint density at radius 2 is 1.92 bits per heavy atom. The normalized spacial score (nSPS) is 10.6. The molecule has 1 aromatic heterocycles. The molecule has 0 aliphatic rings. The summed E-state index contributed by atoms with van der Waals surface area (Å²) in [5.74, 6) is -0.352. The van der Waals surface area contributed by atoms with E-state index in [1.165, 1.54) is 0 Å². The zero-order valence-corrected chi connectivity index (χ0v) is 13.8. The van der Waals surface area contributed by atoms with E-state index in [4.69, 9.17) is 9.15 Å². The van der Waals surface area contributed by atoms with E-state index >= 15 is 0 Å². The summed E-state index contributed by atoms with van der Waals surface area (Å²) < 4.78 is 10.3. The third-order valence-electron chi connectivity index (χ3n) is 3.64. The molecule has 0 atom stereocenters. The summed E-state index contributed by atoms with van der Waals surface area (Å²) in [5.41, 5.74) is 1.22. The average Bonchev–Trinajstić information content (AvgIpc) is 2.62. The molecule has 0 aliphatic carbocycles. The van der Waals surface area contributed by atoms with Gasteiger partial charge >= 0.3 is 17.6 Å². The molecule has 1 heterocycles. The topological polar surface area (TPSA) is 81.4 Å². The smallest absolute Gasteiger partial charge is 0.348 e. The van der Waals surface area contributed by atoms with Gasteiger partial charge in [-0.1, -0.05) is 25.5 Å². The van der Waals surface area contributed by atoms with Crippen molar-refractivity contribution in [1.29, 1.82) is 0 Å². The number of rotatable bonds is 6. The number of anilines is 2. The van der Waals surface area contributed by atoms with E-state index in [0.717, 1.165) is 12.8 Å². The molecule has 2 aromatic carbocycles. The molecule has 0 aliphatic heterocycles. The van der Waals surface area contributed by atoms with E-state index in [1.54, 1.807) is 48.5 Å². The van der Waals surface area contributed by atoms with E-state index in [1.807, 2.05) is 6.92 Å². The van der Waals surface area contributed by atoms with Crippen LogP contribution in [-0.2, 0) is 4.74 Å². The molecule has 3 aromatic rings. The Bertz CT molecular complexity index is 932. The maximum Gasteiger partial charge on any atom is 0.348 e. The number of aromatic nitrogens is 1. The predicted molar refractivity (Wildman–Crippen MR) is 95.2 cm³/mol. The summed E-state index contributed by atoms with van der Waals surface area (Å²) in [4.78, 5) is 28.1. The van der Waals surface area contributed by atoms with Gasteiger partial charge in [0.15, 0.2) is 0 Å². The number of para-hydroxylation sites is 1. The highest BCUT2D eigenvalue weighted by atomic mass is 16.5. The number of carbonyl (C=O) groups excluding carboxylic acids is 1. The second-order valence-electron chi connectivity index (χ2n) is 5.52. The monoisotopic (exact) mass is 338 g/mol. The molecule has 6 nitrogen and oxygen atoms in total. The van der Waals surface area contributed by atoms with Gasteiger partial charge in [-0.2, -0.15) is 4.98 Å². The molecule has 0 radical (unpaired) electrons. The van der Waals surface area contributed by atoms with Gasteiger partial charge in [0.25, 0.3) is 0 Å². The van der Waals surface area contributed by atoms with E-state index < -0.39 is 5.63 Å². The van der Waals surface area contributed by atoms with Crippen LogP contribution in [0.3, 0.4) is 0 Å². The lowest BCUT2D eigenvalue weighted by Crippen LogP contribution is -2.07. The van der Waals surface area contributed by atoms with Crippen molar-refractivity contribution in [3.05, 3.63) is 64.5 Å². The van der Waals surface area contributed by atoms with Crippen LogP contribution < -0.4 is 10.9 Å². The van der Waals surface area contributed by atoms with Crippen molar-refractivity contribution in [3.8, 4) is 0 Å². The molecule has 0 spiro atoms. The van der Waals surface area contributed by atoms with Crippen molar-refractivity contribution < 1.29 is 13.9 Å². The Morgan fingerprint density at radius 1 is 1.16 bits per heavy atom. The first-order valence-electron chi connectivity index (χ1n) is 8.11. The van der Waals surface area contributed by atoms with Crippen molar-refractivity contribution in [1.82, 2.24) is 4.98 Å². The first kappa shape index (κ1) is 16.7. The molecular formula is C19H18N2O4. The zero-order chi connectivity index (χ0) is 17.6. The Labute approximate surface area is 144 Å². The van der Waals surface area contributed by atoms with Crippen LogP contribution >= 0.6 is 0 Å². The number of hydrogen-bond acceptors (Lipinski definition) is 6. The first-order chi connectivity index (χ1) is 12.2. The van der Waals surface area contributed by atoms with Crippen LogP contribution in [0.25, 0.3) is 10.9 Å². The summed E-state index contributed by atoms with van der Waals surface area (Å²) in [5, 5.41) is 3.35. The molecule has 128 valence electrons. The average molecular weight is 338 g/mol. The van der Waals surface area contributed by atoms with Gasteiger partial charge in [-0.05, 0) is 42.8 Å². The summed E-state index contributed by atoms with van der Waals surface area (Å²) in [6.07, 6.45) is 1.82. The minimum Gasteiger partial charge on any atom is -0.462 e. The SMILES string of the molecule is CCCCOC(=O)c1ccc(Nc2nc3ccccc3c(=O)o2)cc1. The fourth-order valence-electron chi connectivity index (χ4n) is 2.28. The van der Waals surface area contributed by atoms with Crippen molar-refractivity contribution in [2.24, 2.45) is 0 Å². The number of nitrogens with one attached hydrogen (secondary N) is 1. The maximum absolute atomic E-state index is 12.0. The predicted octanol–water partition coefficient (Wildman–Crippen LogP) is 3.89. The Hall–Kier alpha value is -3.15. The van der Waals surface area contributed by atoms with Gasteiger partial charge in [-0.3, -0.25) is 0 Å². The zero-order valence-electron chi connectivity index (χ0n) is 13.8. The van der Waals surface area contributed by atoms with Crippen molar-refractivity contribution in [2.45, 2.75) is 19.8 Å². The van der Waals surface area contributed by atoms with Gasteiger partial charge in [0, 0.05) is 5.69 Å². The highest BCUT2D eigenvalue weighted by molar-refractivity contribution is 5.89. The van der Waals surface area contributed by atoms with Crippen molar-refractivity contribution in [2.75, 3.05) is 11.9 Å². The van der Waals surface area contributed by atoms with Crippen LogP contribution in [-0.4, -0.2) is 17.6 Å². The fourth-order valence-corrected chi connectivity index (χ4v) is 2.28. The summed E-state index contributed by atoms with van der Waals surface area (Å²) in [7, 11) is 0. The van der Waals surface area contributed by atoms with E-state index in [-0.39, 0.29) is 12.0 Å². The van der Waals surface area contributed by atoms with E-state index in [0.29, 0.717) is 28.8 Å². The molecule has 25 heavy (non-hydrogen) atoms. The minimum absolute atomic E-state index is 0.0990. The minimum atomic E-state index is -0.454. The summed E-state index contributed by atoms with van der Waals surface area (Å²) >= 11 is 0. The Balaban J connectivity index is 1.73. The first-order valence-corrected chi connectivity index (χ1v) is 8.11. The van der Waals surface area contributed by atoms with E-state index in [2.05, 4.69) is 10.3 Å². The van der Waals surface area contributed by atoms with Gasteiger partial charge in [-0.15, -0.1) is 0 Å². The largest absolute Gasteiger partial charge is 0.462 e. The van der Waals surface area contributed by atoms with Crippen LogP contribution in [0.15, 0.2) is 57.7 Å². The van der Waals surface area contributed by atoms with Crippen LogP contribution in [0.2, 0.25) is 0 Å². The van der Waals surface area contributed by atoms with E-state index in [9.17, 15) is 9.59 Å². The lowest BCUT2D eigenvalue weighted by molar-refractivity contribution is 0.0500. The van der Waals surface area contributed by atoms with Crippen molar-refractivity contribution >= 4 is 28.6 Å². The number of hydrogen-bond donors (Lipinski definition) is 1. The number of esters is 1. The number of fused-ring (bicyclic) bond motifs is 1. The molecule has 3 rings (SSSR count). The van der Waals surface area contributed by atoms with Crippen molar-refractivity contribution in [3.63, 3.8) is 0 Å². The highest BCUT2D eigenvalue weighted by Crippen LogP contribution is 2.17. The van der Waals surface area contributed by atoms with Gasteiger partial charge in [-0.25, -0.2) is 9.59 Å². The van der Waals surface area contributed by atoms with Crippen LogP contribution in [0.5, 0.6) is 0 Å². The standard InChI is InChI=1S/C19H18N2O4/c1-2-3-12-24-17(22)13-8-10-14(11-9-13)20-19-21-16-7-5-4-6-15(16)18(23)25-19/h4-11H,2-3,12H2,1H3,(H,20,21). The molecule has 0 saturated carbocycles. The number of ether oxygens (including phenoxy) is 1. The van der Waals surface area contributed by atoms with Gasteiger partial charge in [0.1, 0.15) is 0 Å². The van der Waals surface area contributed by atoms with Gasteiger partial charge < -0.3 is 14.5 Å². The molecule has 0 fully saturated rings. The maximum atomic E-state index is 12.0. The van der Waals surface area contributed by atoms with Gasteiger partial charge in [0.2, 0.25) is 0 Å². The fraction of sp³-hybridized carbons (Fsp3) is 0.211. The van der Waals surface area contributed by atoms with Crippen LogP contribution in [0.1, 0.15) is 30.1 Å². The Morgan fingerprint density at radius 3 is 2.68 bits per heavy atom. The lowest BCUT2D eigenvalue weighted by atomic mass is 10.2.